The van der Waals surface area contributed by atoms with Gasteiger partial charge in [0, 0.05) is 32.1 Å². The second kappa shape index (κ2) is 8.39. The first-order valence-corrected chi connectivity index (χ1v) is 14.8. The number of aromatic nitrogens is 2. The van der Waals surface area contributed by atoms with Gasteiger partial charge in [-0.2, -0.15) is 0 Å². The standard InChI is InChI=1S/C35H23N2OP/c38-39(25-12-3-1-4-13-25,26-14-5-2-6-15-26)27-20-22-32-30(23-27)34-28-16-8-7-11-24(28)19-21-29(34)35-36-31-17-9-10-18-33(31)37(32)35/h1-23H. The van der Waals surface area contributed by atoms with E-state index in [-0.39, 0.29) is 0 Å². The molecule has 0 atom stereocenters. The summed E-state index contributed by atoms with van der Waals surface area (Å²) < 4.78 is 17.5. The van der Waals surface area contributed by atoms with E-state index in [1.165, 1.54) is 10.8 Å². The van der Waals surface area contributed by atoms with Crippen molar-refractivity contribution in [2.45, 2.75) is 0 Å². The Hall–Kier alpha value is -4.72. The van der Waals surface area contributed by atoms with Gasteiger partial charge in [0.15, 0.2) is 7.14 Å². The van der Waals surface area contributed by atoms with Gasteiger partial charge in [0.2, 0.25) is 0 Å². The Bertz CT molecular complexity index is 2210. The van der Waals surface area contributed by atoms with Gasteiger partial charge >= 0.3 is 0 Å². The first-order valence-electron chi connectivity index (χ1n) is 13.1. The van der Waals surface area contributed by atoms with Crippen LogP contribution in [-0.4, -0.2) is 9.38 Å². The quantitative estimate of drug-likeness (QED) is 0.178. The predicted octanol–water partition coefficient (Wildman–Crippen LogP) is 7.59. The normalized spacial score (nSPS) is 12.2. The maximum absolute atomic E-state index is 15.3. The summed E-state index contributed by atoms with van der Waals surface area (Å²) in [5.41, 5.74) is 4.02. The summed E-state index contributed by atoms with van der Waals surface area (Å²) >= 11 is 0. The third kappa shape index (κ3) is 3.17. The van der Waals surface area contributed by atoms with Gasteiger partial charge in [-0.05, 0) is 47.2 Å². The summed E-state index contributed by atoms with van der Waals surface area (Å²) in [5, 5.41) is 8.13. The zero-order chi connectivity index (χ0) is 26.0. The van der Waals surface area contributed by atoms with Crippen LogP contribution in [0.25, 0.3) is 49.1 Å². The van der Waals surface area contributed by atoms with E-state index in [4.69, 9.17) is 4.98 Å². The molecular weight excluding hydrogens is 495 g/mol. The minimum Gasteiger partial charge on any atom is -0.309 e. The maximum atomic E-state index is 15.3. The first-order chi connectivity index (χ1) is 19.2. The van der Waals surface area contributed by atoms with Crippen molar-refractivity contribution < 1.29 is 4.57 Å². The largest absolute Gasteiger partial charge is 0.309 e. The molecule has 0 aliphatic carbocycles. The van der Waals surface area contributed by atoms with Gasteiger partial charge in [0.25, 0.3) is 0 Å². The van der Waals surface area contributed by atoms with Crippen molar-refractivity contribution in [1.82, 2.24) is 9.38 Å². The molecule has 0 aliphatic rings. The Labute approximate surface area is 225 Å². The molecule has 8 aromatic rings. The lowest BCUT2D eigenvalue weighted by Gasteiger charge is -2.21. The third-order valence-corrected chi connectivity index (χ3v) is 10.9. The van der Waals surface area contributed by atoms with Crippen LogP contribution >= 0.6 is 7.14 Å². The lowest BCUT2D eigenvalue weighted by Crippen LogP contribution is -2.25. The second-order valence-electron chi connectivity index (χ2n) is 9.95. The highest BCUT2D eigenvalue weighted by atomic mass is 31.2. The van der Waals surface area contributed by atoms with E-state index in [1.54, 1.807) is 0 Å². The van der Waals surface area contributed by atoms with Crippen LogP contribution in [0.2, 0.25) is 0 Å². The van der Waals surface area contributed by atoms with Gasteiger partial charge in [-0.1, -0.05) is 103 Å². The van der Waals surface area contributed by atoms with Crippen molar-refractivity contribution in [1.29, 1.82) is 0 Å². The third-order valence-electron chi connectivity index (χ3n) is 7.82. The first kappa shape index (κ1) is 22.3. The van der Waals surface area contributed by atoms with E-state index in [0.717, 1.165) is 54.3 Å². The fourth-order valence-corrected chi connectivity index (χ4v) is 8.71. The molecule has 0 bridgehead atoms. The molecule has 3 nitrogen and oxygen atoms in total. The molecule has 0 aliphatic heterocycles. The van der Waals surface area contributed by atoms with Crippen molar-refractivity contribution in [3.63, 3.8) is 0 Å². The highest BCUT2D eigenvalue weighted by Gasteiger charge is 2.30. The molecule has 2 aromatic heterocycles. The number of pyridine rings is 1. The van der Waals surface area contributed by atoms with Crippen LogP contribution in [0.15, 0.2) is 140 Å². The Kier molecular flexibility index (Phi) is 4.79. The molecule has 0 unspecified atom stereocenters. The van der Waals surface area contributed by atoms with Gasteiger partial charge in [-0.3, -0.25) is 4.40 Å². The lowest BCUT2D eigenvalue weighted by atomic mass is 9.99. The van der Waals surface area contributed by atoms with Gasteiger partial charge in [0.1, 0.15) is 5.65 Å². The van der Waals surface area contributed by atoms with E-state index in [0.29, 0.717) is 0 Å². The van der Waals surface area contributed by atoms with E-state index < -0.39 is 7.14 Å². The summed E-state index contributed by atoms with van der Waals surface area (Å²) in [6.07, 6.45) is 0. The number of benzene rings is 6. The van der Waals surface area contributed by atoms with Crippen LogP contribution in [-0.2, 0) is 4.57 Å². The fourth-order valence-electron chi connectivity index (χ4n) is 6.04. The molecule has 6 aromatic carbocycles. The topological polar surface area (TPSA) is 34.4 Å². The average Bonchev–Trinajstić information content (AvgIpc) is 3.41. The number of rotatable bonds is 3. The highest BCUT2D eigenvalue weighted by molar-refractivity contribution is 7.85. The van der Waals surface area contributed by atoms with Gasteiger partial charge in [-0.15, -0.1) is 0 Å². The van der Waals surface area contributed by atoms with E-state index >= 15 is 4.57 Å². The number of para-hydroxylation sites is 2. The van der Waals surface area contributed by atoms with Crippen molar-refractivity contribution >= 4 is 72.2 Å². The Morgan fingerprint density at radius 3 is 1.95 bits per heavy atom. The minimum atomic E-state index is -3.14. The molecule has 0 saturated carbocycles. The number of nitrogens with zero attached hydrogens (tertiary/aromatic N) is 2. The minimum absolute atomic E-state index is 0.824. The van der Waals surface area contributed by atoms with Crippen molar-refractivity contribution in [3.05, 3.63) is 140 Å². The van der Waals surface area contributed by atoms with Crippen molar-refractivity contribution in [3.8, 4) is 0 Å². The van der Waals surface area contributed by atoms with Gasteiger partial charge in [0.05, 0.1) is 16.6 Å². The Morgan fingerprint density at radius 2 is 1.18 bits per heavy atom. The van der Waals surface area contributed by atoms with E-state index in [1.807, 2.05) is 72.8 Å². The zero-order valence-electron chi connectivity index (χ0n) is 21.0. The summed E-state index contributed by atoms with van der Waals surface area (Å²) in [5.74, 6) is 0. The molecule has 0 N–H and O–H groups in total. The Morgan fingerprint density at radius 1 is 0.513 bits per heavy atom. The van der Waals surface area contributed by atoms with Crippen LogP contribution in [0.1, 0.15) is 0 Å². The molecular formula is C35H23N2OP. The molecule has 184 valence electrons. The molecule has 2 heterocycles. The predicted molar refractivity (Wildman–Crippen MR) is 165 cm³/mol. The fraction of sp³-hybridized carbons (Fsp3) is 0. The molecule has 0 fully saturated rings. The SMILES string of the molecule is O=P(c1ccccc1)(c1ccccc1)c1ccc2c(c1)c1c3ccccc3ccc1c1nc3ccccc3n21. The van der Waals surface area contributed by atoms with Gasteiger partial charge in [-0.25, -0.2) is 4.98 Å². The van der Waals surface area contributed by atoms with E-state index in [9.17, 15) is 0 Å². The molecule has 8 rings (SSSR count). The van der Waals surface area contributed by atoms with Crippen LogP contribution in [0.3, 0.4) is 0 Å². The van der Waals surface area contributed by atoms with Crippen LogP contribution in [0, 0.1) is 0 Å². The van der Waals surface area contributed by atoms with Crippen LogP contribution in [0.5, 0.6) is 0 Å². The van der Waals surface area contributed by atoms with E-state index in [2.05, 4.69) is 71.1 Å². The smallest absolute Gasteiger partial charge is 0.171 e. The average molecular weight is 519 g/mol. The van der Waals surface area contributed by atoms with Crippen molar-refractivity contribution in [2.75, 3.05) is 0 Å². The zero-order valence-corrected chi connectivity index (χ0v) is 21.9. The molecule has 39 heavy (non-hydrogen) atoms. The maximum Gasteiger partial charge on any atom is 0.171 e. The van der Waals surface area contributed by atoms with Crippen LogP contribution < -0.4 is 15.9 Å². The number of hydrogen-bond acceptors (Lipinski definition) is 2. The highest BCUT2D eigenvalue weighted by Crippen LogP contribution is 2.44. The number of imidazole rings is 1. The molecule has 0 saturated heterocycles. The molecule has 4 heteroatoms. The monoisotopic (exact) mass is 518 g/mol. The summed E-state index contributed by atoms with van der Waals surface area (Å²) in [6.45, 7) is 0. The Balaban J connectivity index is 1.58. The molecule has 0 radical (unpaired) electrons. The molecule has 0 amide bonds. The summed E-state index contributed by atoms with van der Waals surface area (Å²) in [6, 6.07) is 47.2. The number of hydrogen-bond donors (Lipinski definition) is 0. The van der Waals surface area contributed by atoms with Crippen LogP contribution in [0.4, 0.5) is 0 Å². The summed E-state index contributed by atoms with van der Waals surface area (Å²) in [7, 11) is -3.14. The van der Waals surface area contributed by atoms with Gasteiger partial charge < -0.3 is 4.57 Å². The second-order valence-corrected chi connectivity index (χ2v) is 12.7. The van der Waals surface area contributed by atoms with Crippen molar-refractivity contribution in [2.24, 2.45) is 0 Å². The lowest BCUT2D eigenvalue weighted by molar-refractivity contribution is 0.592. The summed E-state index contributed by atoms with van der Waals surface area (Å²) in [4.78, 5) is 5.07. The molecule has 0 spiro atoms. The number of fused-ring (bicyclic) bond motifs is 10.